The molecule has 1 saturated heterocycles. The van der Waals surface area contributed by atoms with Crippen LogP contribution in [0.2, 0.25) is 5.02 Å². The molecule has 1 aromatic heterocycles. The average molecular weight is 394 g/mol. The smallest absolute Gasteiger partial charge is 0.132 e. The number of methoxy groups -OCH3 is 1. The standard InChI is InChI=1S/C23H24ClN3O/c1-28-18-8-6-17(7-9-18)16-22-26-13-10-21(27-22)23(11-14-25-15-12-23)19-4-2-3-5-20(19)24/h2-10,13,25H,11-12,14-16H2,1H3. The summed E-state index contributed by atoms with van der Waals surface area (Å²) in [4.78, 5) is 9.52. The predicted octanol–water partition coefficient (Wildman–Crippen LogP) is 4.40. The lowest BCUT2D eigenvalue weighted by molar-refractivity contribution is 0.353. The van der Waals surface area contributed by atoms with E-state index >= 15 is 0 Å². The van der Waals surface area contributed by atoms with Crippen LogP contribution in [0.3, 0.4) is 0 Å². The van der Waals surface area contributed by atoms with Crippen LogP contribution in [-0.4, -0.2) is 30.2 Å². The Morgan fingerprint density at radius 2 is 1.79 bits per heavy atom. The van der Waals surface area contributed by atoms with Crippen molar-refractivity contribution in [2.75, 3.05) is 20.2 Å². The van der Waals surface area contributed by atoms with Gasteiger partial charge in [-0.2, -0.15) is 0 Å². The van der Waals surface area contributed by atoms with Gasteiger partial charge in [-0.3, -0.25) is 0 Å². The molecule has 1 aliphatic rings. The van der Waals surface area contributed by atoms with Crippen molar-refractivity contribution in [3.63, 3.8) is 0 Å². The molecule has 2 aromatic carbocycles. The number of nitrogens with zero attached hydrogens (tertiary/aromatic N) is 2. The van der Waals surface area contributed by atoms with Crippen LogP contribution >= 0.6 is 11.6 Å². The van der Waals surface area contributed by atoms with E-state index in [4.69, 9.17) is 21.3 Å². The number of hydrogen-bond donors (Lipinski definition) is 1. The molecule has 1 aliphatic heterocycles. The van der Waals surface area contributed by atoms with Gasteiger partial charge in [-0.1, -0.05) is 41.9 Å². The zero-order valence-electron chi connectivity index (χ0n) is 16.0. The van der Waals surface area contributed by atoms with E-state index in [9.17, 15) is 0 Å². The summed E-state index contributed by atoms with van der Waals surface area (Å²) in [6.07, 6.45) is 4.50. The van der Waals surface area contributed by atoms with Gasteiger partial charge >= 0.3 is 0 Å². The van der Waals surface area contributed by atoms with E-state index < -0.39 is 0 Å². The molecule has 0 saturated carbocycles. The molecule has 1 fully saturated rings. The van der Waals surface area contributed by atoms with Crippen molar-refractivity contribution >= 4 is 11.6 Å². The summed E-state index contributed by atoms with van der Waals surface area (Å²) in [6.45, 7) is 1.89. The van der Waals surface area contributed by atoms with Gasteiger partial charge in [0, 0.05) is 23.1 Å². The first-order chi connectivity index (χ1) is 13.7. The van der Waals surface area contributed by atoms with Crippen LogP contribution in [0.5, 0.6) is 5.75 Å². The van der Waals surface area contributed by atoms with Gasteiger partial charge < -0.3 is 10.1 Å². The van der Waals surface area contributed by atoms with Crippen molar-refractivity contribution in [1.82, 2.24) is 15.3 Å². The molecule has 28 heavy (non-hydrogen) atoms. The van der Waals surface area contributed by atoms with Crippen molar-refractivity contribution < 1.29 is 4.74 Å². The molecule has 2 heterocycles. The highest BCUT2D eigenvalue weighted by Crippen LogP contribution is 2.42. The van der Waals surface area contributed by atoms with Crippen LogP contribution in [-0.2, 0) is 11.8 Å². The number of hydrogen-bond acceptors (Lipinski definition) is 4. The molecule has 0 unspecified atom stereocenters. The Morgan fingerprint density at radius 3 is 2.50 bits per heavy atom. The molecule has 0 amide bonds. The Labute approximate surface area is 171 Å². The first-order valence-electron chi connectivity index (χ1n) is 9.62. The molecule has 5 heteroatoms. The summed E-state index contributed by atoms with van der Waals surface area (Å²) in [5, 5.41) is 4.27. The molecule has 144 valence electrons. The second-order valence-corrected chi connectivity index (χ2v) is 7.60. The van der Waals surface area contributed by atoms with Crippen LogP contribution in [0.4, 0.5) is 0 Å². The van der Waals surface area contributed by atoms with Gasteiger partial charge in [-0.15, -0.1) is 0 Å². The minimum Gasteiger partial charge on any atom is -0.497 e. The zero-order chi connectivity index (χ0) is 19.4. The maximum Gasteiger partial charge on any atom is 0.132 e. The van der Waals surface area contributed by atoms with Crippen LogP contribution in [0, 0.1) is 0 Å². The van der Waals surface area contributed by atoms with Crippen LogP contribution in [0.25, 0.3) is 0 Å². The lowest BCUT2D eigenvalue weighted by atomic mass is 9.70. The number of aromatic nitrogens is 2. The van der Waals surface area contributed by atoms with Gasteiger partial charge in [-0.05, 0) is 61.3 Å². The summed E-state index contributed by atoms with van der Waals surface area (Å²) in [5.41, 5.74) is 3.20. The first kappa shape index (κ1) is 18.9. The van der Waals surface area contributed by atoms with Gasteiger partial charge in [0.05, 0.1) is 12.8 Å². The number of nitrogens with one attached hydrogen (secondary N) is 1. The summed E-state index contributed by atoms with van der Waals surface area (Å²) in [6, 6.07) is 18.3. The third-order valence-corrected chi connectivity index (χ3v) is 5.89. The van der Waals surface area contributed by atoms with E-state index in [1.54, 1.807) is 7.11 Å². The largest absolute Gasteiger partial charge is 0.497 e. The van der Waals surface area contributed by atoms with Gasteiger partial charge in [0.2, 0.25) is 0 Å². The Morgan fingerprint density at radius 1 is 1.04 bits per heavy atom. The second kappa shape index (κ2) is 8.29. The third-order valence-electron chi connectivity index (χ3n) is 5.56. The predicted molar refractivity (Wildman–Crippen MR) is 112 cm³/mol. The highest BCUT2D eigenvalue weighted by atomic mass is 35.5. The van der Waals surface area contributed by atoms with Crippen LogP contribution in [0.1, 0.15) is 35.5 Å². The zero-order valence-corrected chi connectivity index (χ0v) is 16.7. The number of benzene rings is 2. The van der Waals surface area contributed by atoms with Gasteiger partial charge in [0.15, 0.2) is 0 Å². The van der Waals surface area contributed by atoms with Crippen molar-refractivity contribution in [3.8, 4) is 5.75 Å². The van der Waals surface area contributed by atoms with Crippen LogP contribution < -0.4 is 10.1 Å². The summed E-state index contributed by atoms with van der Waals surface area (Å²) < 4.78 is 5.24. The molecule has 0 atom stereocenters. The SMILES string of the molecule is COc1ccc(Cc2nccc(C3(c4ccccc4Cl)CCNCC3)n2)cc1. The van der Waals surface area contributed by atoms with Crippen molar-refractivity contribution in [2.45, 2.75) is 24.7 Å². The Bertz CT molecular complexity index is 937. The molecule has 4 rings (SSSR count). The molecule has 0 aliphatic carbocycles. The van der Waals surface area contributed by atoms with Gasteiger partial charge in [0.25, 0.3) is 0 Å². The molecule has 0 radical (unpaired) electrons. The molecule has 4 nitrogen and oxygen atoms in total. The number of piperidine rings is 1. The second-order valence-electron chi connectivity index (χ2n) is 7.19. The highest BCUT2D eigenvalue weighted by Gasteiger charge is 2.38. The Hall–Kier alpha value is -2.43. The maximum atomic E-state index is 6.62. The first-order valence-corrected chi connectivity index (χ1v) is 10.0. The number of halogens is 1. The monoisotopic (exact) mass is 393 g/mol. The molecular weight excluding hydrogens is 370 g/mol. The topological polar surface area (TPSA) is 47.0 Å². The average Bonchev–Trinajstić information content (AvgIpc) is 2.75. The minimum absolute atomic E-state index is 0.179. The normalized spacial score (nSPS) is 15.9. The van der Waals surface area contributed by atoms with Crippen molar-refractivity contribution in [2.24, 2.45) is 0 Å². The number of rotatable bonds is 5. The minimum atomic E-state index is -0.179. The fraction of sp³-hybridized carbons (Fsp3) is 0.304. The summed E-state index contributed by atoms with van der Waals surface area (Å²) in [5.74, 6) is 1.68. The molecule has 0 spiro atoms. The lowest BCUT2D eigenvalue weighted by Crippen LogP contribution is -2.41. The molecular formula is C23H24ClN3O. The van der Waals surface area contributed by atoms with Crippen molar-refractivity contribution in [3.05, 3.63) is 88.5 Å². The molecule has 3 aromatic rings. The number of ether oxygens (including phenoxy) is 1. The third kappa shape index (κ3) is 3.75. The Kier molecular flexibility index (Phi) is 5.60. The highest BCUT2D eigenvalue weighted by molar-refractivity contribution is 6.31. The molecule has 1 N–H and O–H groups in total. The fourth-order valence-corrected chi connectivity index (χ4v) is 4.36. The lowest BCUT2D eigenvalue weighted by Gasteiger charge is -2.38. The van der Waals surface area contributed by atoms with Gasteiger partial charge in [-0.25, -0.2) is 9.97 Å². The maximum absolute atomic E-state index is 6.62. The quantitative estimate of drug-likeness (QED) is 0.698. The Balaban J connectivity index is 1.70. The summed E-state index contributed by atoms with van der Waals surface area (Å²) in [7, 11) is 1.68. The molecule has 0 bridgehead atoms. The van der Waals surface area contributed by atoms with E-state index in [-0.39, 0.29) is 5.41 Å². The van der Waals surface area contributed by atoms with E-state index in [1.807, 2.05) is 36.5 Å². The van der Waals surface area contributed by atoms with E-state index in [1.165, 1.54) is 0 Å². The van der Waals surface area contributed by atoms with E-state index in [2.05, 4.69) is 34.6 Å². The van der Waals surface area contributed by atoms with E-state index in [0.717, 1.165) is 59.3 Å². The van der Waals surface area contributed by atoms with E-state index in [0.29, 0.717) is 6.42 Å². The van der Waals surface area contributed by atoms with Crippen LogP contribution in [0.15, 0.2) is 60.8 Å². The van der Waals surface area contributed by atoms with Gasteiger partial charge in [0.1, 0.15) is 11.6 Å². The van der Waals surface area contributed by atoms with Crippen molar-refractivity contribution in [1.29, 1.82) is 0 Å². The fourth-order valence-electron chi connectivity index (χ4n) is 4.04. The summed E-state index contributed by atoms with van der Waals surface area (Å²) >= 11 is 6.62.